The van der Waals surface area contributed by atoms with Gasteiger partial charge in [-0.25, -0.2) is 0 Å². The predicted molar refractivity (Wildman–Crippen MR) is 66.2 cm³/mol. The lowest BCUT2D eigenvalue weighted by atomic mass is 9.50. The Morgan fingerprint density at radius 2 is 2.00 bits per heavy atom. The van der Waals surface area contributed by atoms with Gasteiger partial charge in [0.25, 0.3) is 0 Å². The van der Waals surface area contributed by atoms with E-state index >= 15 is 0 Å². The Morgan fingerprint density at radius 3 is 2.36 bits per heavy atom. The van der Waals surface area contributed by atoms with Crippen LogP contribution in [0.15, 0.2) is 11.6 Å². The number of rotatable bonds is 2. The van der Waals surface area contributed by atoms with E-state index < -0.39 is 8.07 Å². The number of fused-ring (bicyclic) bond motifs is 1. The van der Waals surface area contributed by atoms with Crippen molar-refractivity contribution in [1.82, 2.24) is 0 Å². The van der Waals surface area contributed by atoms with Gasteiger partial charge < -0.3 is 0 Å². The molecule has 0 aliphatic heterocycles. The van der Waals surface area contributed by atoms with Gasteiger partial charge in [-0.05, 0) is 36.1 Å². The summed E-state index contributed by atoms with van der Waals surface area (Å²) in [5.74, 6) is 1.91. The van der Waals surface area contributed by atoms with Crippen LogP contribution in [-0.2, 0) is 0 Å². The van der Waals surface area contributed by atoms with Gasteiger partial charge in [0.05, 0.1) is 0 Å². The first-order valence-electron chi connectivity index (χ1n) is 5.98. The fourth-order valence-corrected chi connectivity index (χ4v) is 4.79. The van der Waals surface area contributed by atoms with E-state index in [0.717, 1.165) is 11.8 Å². The van der Waals surface area contributed by atoms with E-state index in [4.69, 9.17) is 0 Å². The Kier molecular flexibility index (Phi) is 2.23. The normalized spacial score (nSPS) is 34.8. The molecule has 1 saturated carbocycles. The zero-order valence-electron chi connectivity index (χ0n) is 10.4. The molecule has 3 rings (SSSR count). The van der Waals surface area contributed by atoms with Gasteiger partial charge in [-0.3, -0.25) is 0 Å². The van der Waals surface area contributed by atoms with Crippen LogP contribution in [0.25, 0.3) is 0 Å². The Labute approximate surface area is 89.8 Å². The van der Waals surface area contributed by atoms with Crippen molar-refractivity contribution < 1.29 is 0 Å². The molecule has 0 aromatic heterocycles. The second kappa shape index (κ2) is 2.97. The highest BCUT2D eigenvalue weighted by atomic mass is 28.3. The molecule has 0 heterocycles. The van der Waals surface area contributed by atoms with Crippen molar-refractivity contribution in [2.45, 2.75) is 52.4 Å². The fourth-order valence-electron chi connectivity index (χ4n) is 3.17. The molecule has 0 aromatic carbocycles. The highest BCUT2D eigenvalue weighted by Gasteiger charge is 2.49. The van der Waals surface area contributed by atoms with Gasteiger partial charge in [0.1, 0.15) is 0 Å². The summed E-state index contributed by atoms with van der Waals surface area (Å²) in [4.78, 5) is 0. The third kappa shape index (κ3) is 1.71. The lowest BCUT2D eigenvalue weighted by Crippen LogP contribution is -2.47. The smallest absolute Gasteiger partial charge is 0.0483 e. The third-order valence-electron chi connectivity index (χ3n) is 4.25. The second-order valence-corrected chi connectivity index (χ2v) is 12.6. The van der Waals surface area contributed by atoms with E-state index in [2.05, 4.69) is 39.6 Å². The molecular weight excluding hydrogens is 184 g/mol. The molecule has 0 nitrogen and oxygen atoms in total. The first kappa shape index (κ1) is 10.5. The van der Waals surface area contributed by atoms with E-state index in [0.29, 0.717) is 5.41 Å². The lowest BCUT2D eigenvalue weighted by Gasteiger charge is -2.55. The van der Waals surface area contributed by atoms with Gasteiger partial charge in [0.2, 0.25) is 0 Å². The highest BCUT2D eigenvalue weighted by Crippen LogP contribution is 2.58. The summed E-state index contributed by atoms with van der Waals surface area (Å²) >= 11 is 0. The molecule has 2 atom stereocenters. The largest absolute Gasteiger partial charge is 0.0819 e. The van der Waals surface area contributed by atoms with Crippen LogP contribution < -0.4 is 0 Å². The SMILES string of the molecule is CC1(C)[C@@H]2CC(C[Si](C)(C)C)=C[C@H]1C2. The van der Waals surface area contributed by atoms with Gasteiger partial charge in [-0.2, -0.15) is 0 Å². The molecule has 2 bridgehead atoms. The van der Waals surface area contributed by atoms with Crippen LogP contribution in [0.2, 0.25) is 25.7 Å². The molecule has 0 saturated heterocycles. The molecule has 1 fully saturated rings. The summed E-state index contributed by atoms with van der Waals surface area (Å²) in [5, 5.41) is 0. The van der Waals surface area contributed by atoms with Gasteiger partial charge >= 0.3 is 0 Å². The Balaban J connectivity index is 2.06. The minimum atomic E-state index is -0.868. The second-order valence-electron chi connectivity index (χ2n) is 7.13. The maximum Gasteiger partial charge on any atom is 0.0483 e. The molecule has 0 aromatic rings. The average molecular weight is 208 g/mol. The van der Waals surface area contributed by atoms with Crippen LogP contribution >= 0.6 is 0 Å². The van der Waals surface area contributed by atoms with Crippen LogP contribution in [0.5, 0.6) is 0 Å². The van der Waals surface area contributed by atoms with Crippen LogP contribution in [-0.4, -0.2) is 8.07 Å². The summed E-state index contributed by atoms with van der Waals surface area (Å²) in [6.45, 7) is 12.4. The topological polar surface area (TPSA) is 0 Å². The summed E-state index contributed by atoms with van der Waals surface area (Å²) in [7, 11) is -0.868. The molecule has 3 aliphatic rings. The third-order valence-corrected chi connectivity index (χ3v) is 5.76. The van der Waals surface area contributed by atoms with Crippen LogP contribution in [0.1, 0.15) is 26.7 Å². The summed E-state index contributed by atoms with van der Waals surface area (Å²) < 4.78 is 0. The van der Waals surface area contributed by atoms with Crippen LogP contribution in [0.3, 0.4) is 0 Å². The molecule has 1 heteroatoms. The van der Waals surface area contributed by atoms with Crippen molar-refractivity contribution in [3.8, 4) is 0 Å². The fraction of sp³-hybridized carbons (Fsp3) is 0.846. The number of hydrogen-bond donors (Lipinski definition) is 0. The lowest BCUT2D eigenvalue weighted by molar-refractivity contribution is -0.000696. The number of allylic oxidation sites excluding steroid dienone is 2. The molecule has 0 spiro atoms. The van der Waals surface area contributed by atoms with Crippen molar-refractivity contribution in [3.63, 3.8) is 0 Å². The minimum Gasteiger partial charge on any atom is -0.0819 e. The van der Waals surface area contributed by atoms with Gasteiger partial charge in [0.15, 0.2) is 0 Å². The first-order chi connectivity index (χ1) is 6.29. The van der Waals surface area contributed by atoms with Crippen molar-refractivity contribution in [2.75, 3.05) is 0 Å². The molecule has 3 aliphatic carbocycles. The maximum atomic E-state index is 2.62. The molecule has 0 amide bonds. The van der Waals surface area contributed by atoms with Crippen molar-refractivity contribution in [2.24, 2.45) is 17.3 Å². The van der Waals surface area contributed by atoms with E-state index in [1.165, 1.54) is 18.9 Å². The van der Waals surface area contributed by atoms with E-state index in [9.17, 15) is 0 Å². The minimum absolute atomic E-state index is 0.628. The van der Waals surface area contributed by atoms with Gasteiger partial charge in [-0.15, -0.1) is 0 Å². The first-order valence-corrected chi connectivity index (χ1v) is 9.69. The predicted octanol–water partition coefficient (Wildman–Crippen LogP) is 4.32. The highest BCUT2D eigenvalue weighted by molar-refractivity contribution is 6.76. The number of hydrogen-bond acceptors (Lipinski definition) is 0. The maximum absolute atomic E-state index is 2.62. The van der Waals surface area contributed by atoms with Crippen molar-refractivity contribution in [3.05, 3.63) is 11.6 Å². The molecule has 0 unspecified atom stereocenters. The Hall–Kier alpha value is -0.0431. The summed E-state index contributed by atoms with van der Waals surface area (Å²) in [6.07, 6.45) is 5.51. The van der Waals surface area contributed by atoms with Gasteiger partial charge in [-0.1, -0.05) is 45.1 Å². The Bertz CT molecular complexity index is 267. The summed E-state index contributed by atoms with van der Waals surface area (Å²) in [5.41, 5.74) is 2.42. The van der Waals surface area contributed by atoms with Crippen LogP contribution in [0, 0.1) is 17.3 Å². The zero-order valence-corrected chi connectivity index (χ0v) is 11.4. The monoisotopic (exact) mass is 208 g/mol. The van der Waals surface area contributed by atoms with Crippen molar-refractivity contribution >= 4 is 8.07 Å². The standard InChI is InChI=1S/C13H24Si/c1-13(2)11-6-10(7-12(13)8-11)9-14(3,4)5/h6,11-12H,7-9H2,1-5H3/t11-,12+/m0/s1. The zero-order chi connectivity index (χ0) is 10.6. The molecule has 80 valence electrons. The van der Waals surface area contributed by atoms with Gasteiger partial charge in [0, 0.05) is 8.07 Å². The van der Waals surface area contributed by atoms with Crippen LogP contribution in [0.4, 0.5) is 0 Å². The molecule has 0 radical (unpaired) electrons. The van der Waals surface area contributed by atoms with E-state index in [1.807, 2.05) is 0 Å². The molecular formula is C13H24Si. The van der Waals surface area contributed by atoms with E-state index in [-0.39, 0.29) is 0 Å². The summed E-state index contributed by atoms with van der Waals surface area (Å²) in [6, 6.07) is 1.44. The molecule has 0 N–H and O–H groups in total. The Morgan fingerprint density at radius 1 is 1.36 bits per heavy atom. The van der Waals surface area contributed by atoms with Crippen molar-refractivity contribution in [1.29, 1.82) is 0 Å². The molecule has 14 heavy (non-hydrogen) atoms. The van der Waals surface area contributed by atoms with E-state index in [1.54, 1.807) is 5.57 Å². The average Bonchev–Trinajstić information content (AvgIpc) is 2.01. The quantitative estimate of drug-likeness (QED) is 0.468.